The molecule has 0 atom stereocenters. The van der Waals surface area contributed by atoms with E-state index in [4.69, 9.17) is 4.74 Å². The smallest absolute Gasteiger partial charge is 0.260 e. The molecule has 1 amide bonds. The molecule has 1 fully saturated rings. The van der Waals surface area contributed by atoms with Crippen LogP contribution in [0, 0.1) is 12.7 Å². The van der Waals surface area contributed by atoms with E-state index < -0.39 is 15.8 Å². The third-order valence-electron chi connectivity index (χ3n) is 4.41. The van der Waals surface area contributed by atoms with Gasteiger partial charge in [0.2, 0.25) is 10.0 Å². The van der Waals surface area contributed by atoms with Crippen LogP contribution in [-0.4, -0.2) is 56.3 Å². The molecule has 1 saturated heterocycles. The van der Waals surface area contributed by atoms with Gasteiger partial charge < -0.3 is 9.64 Å². The number of rotatable bonds is 5. The van der Waals surface area contributed by atoms with Crippen LogP contribution in [0.4, 0.5) is 4.39 Å². The van der Waals surface area contributed by atoms with Gasteiger partial charge in [0.25, 0.3) is 5.91 Å². The van der Waals surface area contributed by atoms with Crippen molar-refractivity contribution < 1.29 is 22.3 Å². The number of hydrogen-bond acceptors (Lipinski definition) is 4. The summed E-state index contributed by atoms with van der Waals surface area (Å²) in [5.74, 6) is -0.412. The number of hydrogen-bond donors (Lipinski definition) is 0. The van der Waals surface area contributed by atoms with Gasteiger partial charge >= 0.3 is 0 Å². The van der Waals surface area contributed by atoms with Crippen molar-refractivity contribution in [3.63, 3.8) is 0 Å². The average Bonchev–Trinajstić information content (AvgIpc) is 2.66. The zero-order chi connectivity index (χ0) is 19.4. The molecule has 0 unspecified atom stereocenters. The number of piperazine rings is 1. The largest absolute Gasteiger partial charge is 0.484 e. The van der Waals surface area contributed by atoms with Crippen LogP contribution in [-0.2, 0) is 14.8 Å². The summed E-state index contributed by atoms with van der Waals surface area (Å²) in [5.41, 5.74) is 0.989. The van der Waals surface area contributed by atoms with Crippen molar-refractivity contribution in [2.75, 3.05) is 32.8 Å². The lowest BCUT2D eigenvalue weighted by molar-refractivity contribution is -0.134. The molecule has 6 nitrogen and oxygen atoms in total. The quantitative estimate of drug-likeness (QED) is 0.781. The number of amides is 1. The molecule has 1 aliphatic rings. The molecule has 0 aliphatic carbocycles. The van der Waals surface area contributed by atoms with E-state index in [1.54, 1.807) is 35.2 Å². The summed E-state index contributed by atoms with van der Waals surface area (Å²) >= 11 is 0. The van der Waals surface area contributed by atoms with E-state index in [1.165, 1.54) is 22.5 Å². The molecule has 0 saturated carbocycles. The highest BCUT2D eigenvalue weighted by molar-refractivity contribution is 7.89. The Morgan fingerprint density at radius 2 is 1.74 bits per heavy atom. The average molecular weight is 392 g/mol. The number of sulfonamides is 1. The third-order valence-corrected chi connectivity index (χ3v) is 6.32. The number of carbonyl (C=O) groups is 1. The predicted octanol–water partition coefficient (Wildman–Crippen LogP) is 2.05. The van der Waals surface area contributed by atoms with Crippen LogP contribution in [0.5, 0.6) is 5.75 Å². The van der Waals surface area contributed by atoms with Gasteiger partial charge in [-0.05, 0) is 31.2 Å². The predicted molar refractivity (Wildman–Crippen MR) is 98.4 cm³/mol. The molecule has 0 radical (unpaired) electrons. The summed E-state index contributed by atoms with van der Waals surface area (Å²) < 4.78 is 45.2. The van der Waals surface area contributed by atoms with Crippen LogP contribution in [0.25, 0.3) is 0 Å². The molecular weight excluding hydrogens is 371 g/mol. The summed E-state index contributed by atoms with van der Waals surface area (Å²) in [6.07, 6.45) is 0. The molecule has 27 heavy (non-hydrogen) atoms. The van der Waals surface area contributed by atoms with Crippen molar-refractivity contribution in [1.82, 2.24) is 9.21 Å². The van der Waals surface area contributed by atoms with Gasteiger partial charge in [-0.2, -0.15) is 4.31 Å². The van der Waals surface area contributed by atoms with Crippen molar-refractivity contribution in [2.45, 2.75) is 11.8 Å². The van der Waals surface area contributed by atoms with Gasteiger partial charge in [-0.15, -0.1) is 0 Å². The first kappa shape index (κ1) is 19.3. The van der Waals surface area contributed by atoms with Crippen LogP contribution >= 0.6 is 0 Å². The van der Waals surface area contributed by atoms with Crippen LogP contribution in [0.3, 0.4) is 0 Å². The van der Waals surface area contributed by atoms with Crippen LogP contribution < -0.4 is 4.74 Å². The second-order valence-electron chi connectivity index (χ2n) is 6.34. The van der Waals surface area contributed by atoms with Gasteiger partial charge in [-0.25, -0.2) is 12.8 Å². The Morgan fingerprint density at radius 1 is 1.07 bits per heavy atom. The Morgan fingerprint density at radius 3 is 2.37 bits per heavy atom. The number of aryl methyl sites for hydroxylation is 1. The lowest BCUT2D eigenvalue weighted by Crippen LogP contribution is -2.51. The SMILES string of the molecule is Cc1ccc(S(=O)(=O)N2CCN(C(=O)COc3cccc(F)c3)CC2)cc1. The molecule has 0 spiro atoms. The monoisotopic (exact) mass is 392 g/mol. The zero-order valence-corrected chi connectivity index (χ0v) is 15.8. The first-order chi connectivity index (χ1) is 12.9. The number of carbonyl (C=O) groups excluding carboxylic acids is 1. The summed E-state index contributed by atoms with van der Waals surface area (Å²) in [5, 5.41) is 0. The molecule has 2 aromatic rings. The summed E-state index contributed by atoms with van der Waals surface area (Å²) in [6.45, 7) is 2.71. The van der Waals surface area contributed by atoms with E-state index in [0.29, 0.717) is 0 Å². The molecular formula is C19H21FN2O4S. The zero-order valence-electron chi connectivity index (χ0n) is 15.0. The highest BCUT2D eigenvalue weighted by Crippen LogP contribution is 2.18. The molecule has 2 aromatic carbocycles. The molecule has 0 N–H and O–H groups in total. The van der Waals surface area contributed by atoms with Crippen molar-refractivity contribution in [3.05, 3.63) is 59.9 Å². The number of ether oxygens (including phenoxy) is 1. The van der Waals surface area contributed by atoms with E-state index >= 15 is 0 Å². The Labute approximate surface area is 158 Å². The summed E-state index contributed by atoms with van der Waals surface area (Å²) in [6, 6.07) is 12.3. The maximum absolute atomic E-state index is 13.1. The lowest BCUT2D eigenvalue weighted by Gasteiger charge is -2.34. The van der Waals surface area contributed by atoms with Gasteiger partial charge in [0, 0.05) is 32.2 Å². The Hall–Kier alpha value is -2.45. The van der Waals surface area contributed by atoms with Crippen molar-refractivity contribution in [1.29, 1.82) is 0 Å². The van der Waals surface area contributed by atoms with Crippen LogP contribution in [0.2, 0.25) is 0 Å². The van der Waals surface area contributed by atoms with E-state index in [9.17, 15) is 17.6 Å². The first-order valence-corrected chi connectivity index (χ1v) is 10.0. The Balaban J connectivity index is 1.55. The second kappa shape index (κ2) is 8.06. The summed E-state index contributed by atoms with van der Waals surface area (Å²) in [4.78, 5) is 14.1. The normalized spacial score (nSPS) is 15.6. The van der Waals surface area contributed by atoms with E-state index in [2.05, 4.69) is 0 Å². The van der Waals surface area contributed by atoms with Gasteiger partial charge in [0.15, 0.2) is 6.61 Å². The second-order valence-corrected chi connectivity index (χ2v) is 8.28. The highest BCUT2D eigenvalue weighted by atomic mass is 32.2. The van der Waals surface area contributed by atoms with Gasteiger partial charge in [-0.1, -0.05) is 23.8 Å². The third kappa shape index (κ3) is 4.64. The molecule has 144 valence electrons. The van der Waals surface area contributed by atoms with E-state index in [1.807, 2.05) is 6.92 Å². The number of nitrogens with zero attached hydrogens (tertiary/aromatic N) is 2. The van der Waals surface area contributed by atoms with Crippen molar-refractivity contribution in [2.24, 2.45) is 0 Å². The molecule has 0 bridgehead atoms. The molecule has 0 aromatic heterocycles. The van der Waals surface area contributed by atoms with Crippen LogP contribution in [0.15, 0.2) is 53.4 Å². The van der Waals surface area contributed by atoms with Gasteiger partial charge in [-0.3, -0.25) is 4.79 Å². The summed E-state index contributed by atoms with van der Waals surface area (Å²) in [7, 11) is -3.57. The lowest BCUT2D eigenvalue weighted by atomic mass is 10.2. The molecule has 1 heterocycles. The Bertz CT molecular complexity index is 908. The fraction of sp³-hybridized carbons (Fsp3) is 0.316. The fourth-order valence-corrected chi connectivity index (χ4v) is 4.25. The standard InChI is InChI=1S/C19H21FN2O4S/c1-15-5-7-18(8-6-15)27(24,25)22-11-9-21(10-12-22)19(23)14-26-17-4-2-3-16(20)13-17/h2-8,13H,9-12,14H2,1H3. The van der Waals surface area contributed by atoms with Gasteiger partial charge in [0.1, 0.15) is 11.6 Å². The van der Waals surface area contributed by atoms with Crippen LogP contribution in [0.1, 0.15) is 5.56 Å². The van der Waals surface area contributed by atoms with Crippen molar-refractivity contribution in [3.8, 4) is 5.75 Å². The molecule has 3 rings (SSSR count). The molecule has 8 heteroatoms. The Kier molecular flexibility index (Phi) is 5.76. The first-order valence-electron chi connectivity index (χ1n) is 8.59. The topological polar surface area (TPSA) is 66.9 Å². The highest BCUT2D eigenvalue weighted by Gasteiger charge is 2.30. The van der Waals surface area contributed by atoms with E-state index in [0.717, 1.165) is 5.56 Å². The molecule has 1 aliphatic heterocycles. The number of halogens is 1. The minimum atomic E-state index is -3.57. The van der Waals surface area contributed by atoms with Crippen molar-refractivity contribution >= 4 is 15.9 Å². The van der Waals surface area contributed by atoms with E-state index in [-0.39, 0.29) is 49.3 Å². The van der Waals surface area contributed by atoms with Gasteiger partial charge in [0.05, 0.1) is 4.90 Å². The number of benzene rings is 2. The maximum Gasteiger partial charge on any atom is 0.260 e. The minimum absolute atomic E-state index is 0.214. The minimum Gasteiger partial charge on any atom is -0.484 e. The fourth-order valence-electron chi connectivity index (χ4n) is 2.83. The maximum atomic E-state index is 13.1.